The van der Waals surface area contributed by atoms with Crippen LogP contribution in [-0.2, 0) is 10.0 Å². The molecule has 0 bridgehead atoms. The second-order valence-corrected chi connectivity index (χ2v) is 7.60. The van der Waals surface area contributed by atoms with Crippen molar-refractivity contribution in [2.45, 2.75) is 24.7 Å². The first-order valence-corrected chi connectivity index (χ1v) is 8.95. The summed E-state index contributed by atoms with van der Waals surface area (Å²) in [5, 5.41) is 0.247. The zero-order valence-electron chi connectivity index (χ0n) is 12.7. The molecule has 0 unspecified atom stereocenters. The van der Waals surface area contributed by atoms with Gasteiger partial charge in [-0.1, -0.05) is 37.6 Å². The monoisotopic (exact) mass is 353 g/mol. The van der Waals surface area contributed by atoms with Crippen LogP contribution in [0.5, 0.6) is 11.5 Å². The van der Waals surface area contributed by atoms with E-state index in [0.717, 1.165) is 5.56 Å². The van der Waals surface area contributed by atoms with Gasteiger partial charge in [0.1, 0.15) is 0 Å². The van der Waals surface area contributed by atoms with E-state index < -0.39 is 10.0 Å². The summed E-state index contributed by atoms with van der Waals surface area (Å²) >= 11 is 6.11. The minimum atomic E-state index is -3.73. The summed E-state index contributed by atoms with van der Waals surface area (Å²) in [6, 6.07) is 9.83. The van der Waals surface area contributed by atoms with E-state index in [-0.39, 0.29) is 22.4 Å². The average molecular weight is 354 g/mol. The average Bonchev–Trinajstić information content (AvgIpc) is 2.94. The van der Waals surface area contributed by atoms with Gasteiger partial charge in [-0.3, -0.25) is 4.72 Å². The van der Waals surface area contributed by atoms with Crippen molar-refractivity contribution < 1.29 is 17.9 Å². The first-order valence-electron chi connectivity index (χ1n) is 7.09. The van der Waals surface area contributed by atoms with Gasteiger partial charge in [0.2, 0.25) is 6.79 Å². The highest BCUT2D eigenvalue weighted by Gasteiger charge is 2.21. The molecule has 2 aromatic rings. The van der Waals surface area contributed by atoms with E-state index >= 15 is 0 Å². The molecule has 1 N–H and O–H groups in total. The topological polar surface area (TPSA) is 64.6 Å². The van der Waals surface area contributed by atoms with Crippen molar-refractivity contribution in [3.05, 3.63) is 47.0 Å². The SMILES string of the molecule is CC(C)c1ccc(S(=O)(=O)Nc2cc3c(cc2Cl)OCO3)cc1. The first-order chi connectivity index (χ1) is 10.9. The van der Waals surface area contributed by atoms with Crippen molar-refractivity contribution in [2.24, 2.45) is 0 Å². The molecule has 7 heteroatoms. The van der Waals surface area contributed by atoms with Crippen molar-refractivity contribution >= 4 is 27.3 Å². The van der Waals surface area contributed by atoms with Crippen molar-refractivity contribution in [3.63, 3.8) is 0 Å². The molecule has 0 saturated carbocycles. The molecule has 0 aliphatic carbocycles. The number of nitrogens with one attached hydrogen (secondary N) is 1. The zero-order chi connectivity index (χ0) is 16.6. The maximum atomic E-state index is 12.5. The highest BCUT2D eigenvalue weighted by molar-refractivity contribution is 7.92. The van der Waals surface area contributed by atoms with Crippen molar-refractivity contribution in [1.29, 1.82) is 0 Å². The summed E-state index contributed by atoms with van der Waals surface area (Å²) < 4.78 is 37.9. The molecule has 1 heterocycles. The highest BCUT2D eigenvalue weighted by Crippen LogP contribution is 2.39. The number of ether oxygens (including phenoxy) is 2. The van der Waals surface area contributed by atoms with Crippen LogP contribution in [0.15, 0.2) is 41.3 Å². The molecule has 3 rings (SSSR count). The van der Waals surface area contributed by atoms with Gasteiger partial charge in [-0.15, -0.1) is 0 Å². The summed E-state index contributed by atoms with van der Waals surface area (Å²) in [6.07, 6.45) is 0. The lowest BCUT2D eigenvalue weighted by molar-refractivity contribution is 0.174. The van der Waals surface area contributed by atoms with Gasteiger partial charge in [0, 0.05) is 12.1 Å². The molecule has 122 valence electrons. The predicted molar refractivity (Wildman–Crippen MR) is 88.9 cm³/mol. The molecular weight excluding hydrogens is 338 g/mol. The van der Waals surface area contributed by atoms with E-state index in [1.54, 1.807) is 24.3 Å². The Bertz CT molecular complexity index is 832. The zero-order valence-corrected chi connectivity index (χ0v) is 14.2. The number of hydrogen-bond donors (Lipinski definition) is 1. The van der Waals surface area contributed by atoms with Crippen LogP contribution in [-0.4, -0.2) is 15.2 Å². The Hall–Kier alpha value is -1.92. The Labute approximate surface area is 140 Å². The van der Waals surface area contributed by atoms with Crippen LogP contribution in [0.4, 0.5) is 5.69 Å². The number of fused-ring (bicyclic) bond motifs is 1. The van der Waals surface area contributed by atoms with E-state index in [9.17, 15) is 8.42 Å². The fourth-order valence-electron chi connectivity index (χ4n) is 2.23. The molecular formula is C16H16ClNO4S. The number of hydrogen-bond acceptors (Lipinski definition) is 4. The molecule has 0 radical (unpaired) electrons. The fraction of sp³-hybridized carbons (Fsp3) is 0.250. The quantitative estimate of drug-likeness (QED) is 0.902. The van der Waals surface area contributed by atoms with Gasteiger partial charge in [-0.05, 0) is 23.6 Å². The second kappa shape index (κ2) is 5.94. The highest BCUT2D eigenvalue weighted by atomic mass is 35.5. The molecule has 0 spiro atoms. The van der Waals surface area contributed by atoms with Gasteiger partial charge >= 0.3 is 0 Å². The third kappa shape index (κ3) is 3.23. The molecule has 0 aromatic heterocycles. The Morgan fingerprint density at radius 3 is 2.30 bits per heavy atom. The maximum absolute atomic E-state index is 12.5. The van der Waals surface area contributed by atoms with Crippen LogP contribution in [0, 0.1) is 0 Å². The van der Waals surface area contributed by atoms with Crippen molar-refractivity contribution in [2.75, 3.05) is 11.5 Å². The smallest absolute Gasteiger partial charge is 0.261 e. The van der Waals surface area contributed by atoms with Crippen LogP contribution >= 0.6 is 11.6 Å². The molecule has 2 aromatic carbocycles. The number of benzene rings is 2. The van der Waals surface area contributed by atoms with Crippen LogP contribution in [0.2, 0.25) is 5.02 Å². The van der Waals surface area contributed by atoms with Crippen molar-refractivity contribution in [1.82, 2.24) is 0 Å². The molecule has 1 aliphatic heterocycles. The molecule has 0 atom stereocenters. The minimum Gasteiger partial charge on any atom is -0.454 e. The Balaban J connectivity index is 1.89. The van der Waals surface area contributed by atoms with Gasteiger partial charge in [0.05, 0.1) is 15.6 Å². The molecule has 1 aliphatic rings. The second-order valence-electron chi connectivity index (χ2n) is 5.51. The molecule has 0 fully saturated rings. The predicted octanol–water partition coefficient (Wildman–Crippen LogP) is 3.99. The van der Waals surface area contributed by atoms with Gasteiger partial charge in [0.25, 0.3) is 10.0 Å². The summed E-state index contributed by atoms with van der Waals surface area (Å²) in [7, 11) is -3.73. The Kier molecular flexibility index (Phi) is 4.12. The Morgan fingerprint density at radius 1 is 1.09 bits per heavy atom. The Morgan fingerprint density at radius 2 is 1.70 bits per heavy atom. The lowest BCUT2D eigenvalue weighted by atomic mass is 10.0. The van der Waals surface area contributed by atoms with Crippen LogP contribution in [0.1, 0.15) is 25.3 Å². The molecule has 0 amide bonds. The lowest BCUT2D eigenvalue weighted by Crippen LogP contribution is -2.13. The summed E-state index contributed by atoms with van der Waals surface area (Å²) in [5.41, 5.74) is 1.33. The summed E-state index contributed by atoms with van der Waals surface area (Å²) in [4.78, 5) is 0.177. The first kappa shape index (κ1) is 16.0. The van der Waals surface area contributed by atoms with Crippen LogP contribution in [0.3, 0.4) is 0 Å². The number of rotatable bonds is 4. The van der Waals surface area contributed by atoms with Crippen LogP contribution < -0.4 is 14.2 Å². The van der Waals surface area contributed by atoms with Gasteiger partial charge in [-0.25, -0.2) is 8.42 Å². The van der Waals surface area contributed by atoms with Gasteiger partial charge in [-0.2, -0.15) is 0 Å². The summed E-state index contributed by atoms with van der Waals surface area (Å²) in [6.45, 7) is 4.20. The summed E-state index contributed by atoms with van der Waals surface area (Å²) in [5.74, 6) is 1.30. The van der Waals surface area contributed by atoms with Gasteiger partial charge < -0.3 is 9.47 Å². The van der Waals surface area contributed by atoms with E-state index in [4.69, 9.17) is 21.1 Å². The molecule has 0 saturated heterocycles. The fourth-order valence-corrected chi connectivity index (χ4v) is 3.56. The van der Waals surface area contributed by atoms with E-state index in [0.29, 0.717) is 17.4 Å². The van der Waals surface area contributed by atoms with E-state index in [2.05, 4.69) is 4.72 Å². The van der Waals surface area contributed by atoms with E-state index in [1.165, 1.54) is 12.1 Å². The van der Waals surface area contributed by atoms with Crippen LogP contribution in [0.25, 0.3) is 0 Å². The standard InChI is InChI=1S/C16H16ClNO4S/c1-10(2)11-3-5-12(6-4-11)23(19,20)18-14-8-16-15(7-13(14)17)21-9-22-16/h3-8,10,18H,9H2,1-2H3. The minimum absolute atomic E-state index is 0.0958. The lowest BCUT2D eigenvalue weighted by Gasteiger charge is -2.11. The van der Waals surface area contributed by atoms with E-state index in [1.807, 2.05) is 13.8 Å². The molecule has 23 heavy (non-hydrogen) atoms. The van der Waals surface area contributed by atoms with Crippen molar-refractivity contribution in [3.8, 4) is 11.5 Å². The number of halogens is 1. The maximum Gasteiger partial charge on any atom is 0.261 e. The normalized spacial score (nSPS) is 13.4. The number of anilines is 1. The van der Waals surface area contributed by atoms with Gasteiger partial charge in [0.15, 0.2) is 11.5 Å². The molecule has 5 nitrogen and oxygen atoms in total. The largest absolute Gasteiger partial charge is 0.454 e. The third-order valence-corrected chi connectivity index (χ3v) is 5.26. The third-order valence-electron chi connectivity index (χ3n) is 3.56. The number of sulfonamides is 1.